The maximum Gasteiger partial charge on any atom is 0.306 e. The number of rotatable bonds is 7. The van der Waals surface area contributed by atoms with Crippen molar-refractivity contribution in [3.63, 3.8) is 0 Å². The van der Waals surface area contributed by atoms with Crippen molar-refractivity contribution >= 4 is 44.5 Å². The molecule has 1 spiro atoms. The van der Waals surface area contributed by atoms with Crippen molar-refractivity contribution in [2.45, 2.75) is 128 Å². The maximum atomic E-state index is 14.7. The molecule has 2 saturated carbocycles. The number of hydrogen-bond donors (Lipinski definition) is 1. The number of amides is 2. The van der Waals surface area contributed by atoms with E-state index in [1.165, 1.54) is 12.1 Å². The van der Waals surface area contributed by atoms with Gasteiger partial charge in [0.2, 0.25) is 21.8 Å². The maximum absolute atomic E-state index is 14.7. The van der Waals surface area contributed by atoms with Crippen LogP contribution in [-0.2, 0) is 40.4 Å². The Hall–Kier alpha value is -3.87. The van der Waals surface area contributed by atoms with Crippen LogP contribution < -0.4 is 9.46 Å². The van der Waals surface area contributed by atoms with Gasteiger partial charge in [-0.1, -0.05) is 38.8 Å². The van der Waals surface area contributed by atoms with Gasteiger partial charge in [0.1, 0.15) is 17.2 Å². The first-order chi connectivity index (χ1) is 25.6. The van der Waals surface area contributed by atoms with E-state index in [1.807, 2.05) is 32.9 Å². The van der Waals surface area contributed by atoms with Gasteiger partial charge in [0.25, 0.3) is 0 Å². The Morgan fingerprint density at radius 3 is 2.65 bits per heavy atom. The fraction of sp³-hybridized carbons (Fsp3) is 0.634. The highest BCUT2D eigenvalue weighted by Crippen LogP contribution is 2.58. The molecule has 7 rings (SSSR count). The lowest BCUT2D eigenvalue weighted by Crippen LogP contribution is -2.48. The summed E-state index contributed by atoms with van der Waals surface area (Å²) in [5, 5.41) is 0.654. The molecule has 2 aliphatic carbocycles. The van der Waals surface area contributed by atoms with E-state index >= 15 is 0 Å². The van der Waals surface area contributed by atoms with E-state index in [0.717, 1.165) is 24.8 Å². The fourth-order valence-electron chi connectivity index (χ4n) is 8.65. The normalized spacial score (nSPS) is 30.0. The molecule has 3 aliphatic heterocycles. The first-order valence-electron chi connectivity index (χ1n) is 19.6. The number of benzene rings is 1. The Morgan fingerprint density at radius 2 is 1.91 bits per heavy atom. The molecule has 5 atom stereocenters. The van der Waals surface area contributed by atoms with E-state index in [9.17, 15) is 32.0 Å². The Balaban J connectivity index is 1.23. The van der Waals surface area contributed by atoms with Crippen LogP contribution in [0.2, 0.25) is 0 Å². The minimum atomic E-state index is -3.95. The summed E-state index contributed by atoms with van der Waals surface area (Å²) in [5.74, 6) is -2.62. The van der Waals surface area contributed by atoms with Crippen molar-refractivity contribution in [2.75, 3.05) is 13.2 Å². The third-order valence-electron chi connectivity index (χ3n) is 12.4. The van der Waals surface area contributed by atoms with Crippen LogP contribution in [0.4, 0.5) is 4.39 Å². The second-order valence-corrected chi connectivity index (χ2v) is 19.4. The molecule has 1 aromatic heterocycles. The molecule has 5 aliphatic rings. The number of ether oxygens (including phenoxy) is 2. The van der Waals surface area contributed by atoms with Crippen LogP contribution >= 0.6 is 0 Å². The lowest BCUT2D eigenvalue weighted by molar-refractivity contribution is -0.151. The van der Waals surface area contributed by atoms with Gasteiger partial charge in [0.15, 0.2) is 5.78 Å². The zero-order valence-corrected chi connectivity index (χ0v) is 32.6. The fourth-order valence-corrected chi connectivity index (χ4v) is 9.99. The molecule has 3 fully saturated rings. The first-order valence-corrected chi connectivity index (χ1v) is 21.0. The molecule has 2 aromatic rings. The number of nitrogens with zero attached hydrogens (tertiary/aromatic N) is 2. The number of fused-ring (bicyclic) bond motifs is 5. The number of allylic oxidation sites excluding steroid dienone is 2. The number of carbonyl (C=O) groups is 4. The van der Waals surface area contributed by atoms with Gasteiger partial charge in [-0.05, 0) is 95.2 Å². The number of nitrogens with one attached hydrogen (secondary N) is 1. The van der Waals surface area contributed by atoms with Crippen LogP contribution in [0, 0.1) is 35.9 Å². The number of pyridine rings is 1. The number of hydrogen-bond acceptors (Lipinski definition) is 9. The van der Waals surface area contributed by atoms with E-state index in [0.29, 0.717) is 67.3 Å². The summed E-state index contributed by atoms with van der Waals surface area (Å²) in [4.78, 5) is 62.7. The summed E-state index contributed by atoms with van der Waals surface area (Å²) in [6.07, 6.45) is 9.44. The predicted molar refractivity (Wildman–Crippen MR) is 199 cm³/mol. The second-order valence-electron chi connectivity index (χ2n) is 17.2. The number of carbonyl (C=O) groups excluding carboxylic acids is 4. The molecule has 0 unspecified atom stereocenters. The molecule has 13 heteroatoms. The van der Waals surface area contributed by atoms with E-state index < -0.39 is 49.6 Å². The van der Waals surface area contributed by atoms with Crippen molar-refractivity contribution in [2.24, 2.45) is 23.2 Å². The number of aryl methyl sites for hydroxylation is 2. The molecule has 4 heterocycles. The van der Waals surface area contributed by atoms with E-state index in [-0.39, 0.29) is 61.8 Å². The van der Waals surface area contributed by atoms with Gasteiger partial charge in [0, 0.05) is 29.7 Å². The highest BCUT2D eigenvalue weighted by molar-refractivity contribution is 7.91. The molecule has 292 valence electrons. The van der Waals surface area contributed by atoms with Crippen LogP contribution in [0.5, 0.6) is 5.75 Å². The van der Waals surface area contributed by atoms with Gasteiger partial charge in [-0.15, -0.1) is 0 Å². The van der Waals surface area contributed by atoms with E-state index in [2.05, 4.69) is 9.71 Å². The smallest absolute Gasteiger partial charge is 0.306 e. The van der Waals surface area contributed by atoms with Crippen molar-refractivity contribution in [1.29, 1.82) is 0 Å². The number of ketones is 1. The lowest BCUT2D eigenvalue weighted by Gasteiger charge is -2.36. The SMILES string of the molecule is Cc1nc2ccc(F)cc2c2c1O[C@]1(CC2)C[C@H]2C(=O)C[C@]3(C(=O)NS(=O)(=O)C4(C)CC4)C[C@H]3/C=C\CCCCC[C@H](CC(=O)OCC(C)C)C(=O)N2C1. The third-order valence-corrected chi connectivity index (χ3v) is 14.6. The highest BCUT2D eigenvalue weighted by Gasteiger charge is 2.63. The van der Waals surface area contributed by atoms with Crippen molar-refractivity contribution in [1.82, 2.24) is 14.6 Å². The van der Waals surface area contributed by atoms with Gasteiger partial charge >= 0.3 is 5.97 Å². The lowest BCUT2D eigenvalue weighted by atomic mass is 9.85. The molecule has 54 heavy (non-hydrogen) atoms. The molecule has 1 N–H and O–H groups in total. The summed E-state index contributed by atoms with van der Waals surface area (Å²) in [6, 6.07) is 3.49. The summed E-state index contributed by atoms with van der Waals surface area (Å²) in [5.41, 5.74) is -0.153. The highest BCUT2D eigenvalue weighted by atomic mass is 32.2. The van der Waals surface area contributed by atoms with Gasteiger partial charge in [-0.3, -0.25) is 23.9 Å². The molecule has 0 bridgehead atoms. The quantitative estimate of drug-likeness (QED) is 0.263. The minimum Gasteiger partial charge on any atom is -0.483 e. The Morgan fingerprint density at radius 1 is 1.13 bits per heavy atom. The van der Waals surface area contributed by atoms with E-state index in [4.69, 9.17) is 9.47 Å². The summed E-state index contributed by atoms with van der Waals surface area (Å²) in [7, 11) is -3.95. The Labute approximate surface area is 316 Å². The third kappa shape index (κ3) is 7.41. The summed E-state index contributed by atoms with van der Waals surface area (Å²) in [6.45, 7) is 7.63. The molecule has 0 radical (unpaired) electrons. The monoisotopic (exact) mass is 765 g/mol. The van der Waals surface area contributed by atoms with Crippen LogP contribution in [0.25, 0.3) is 10.9 Å². The summed E-state index contributed by atoms with van der Waals surface area (Å²) < 4.78 is 54.5. The Bertz CT molecular complexity index is 2010. The first kappa shape index (κ1) is 38.4. The largest absolute Gasteiger partial charge is 0.483 e. The molecule has 1 saturated heterocycles. The average molecular weight is 766 g/mol. The van der Waals surface area contributed by atoms with Gasteiger partial charge < -0.3 is 14.4 Å². The number of sulfonamides is 1. The average Bonchev–Trinajstić information content (AvgIpc) is 4.01. The number of aromatic nitrogens is 1. The van der Waals surface area contributed by atoms with Crippen molar-refractivity contribution in [3.8, 4) is 5.75 Å². The number of halogens is 1. The van der Waals surface area contributed by atoms with Gasteiger partial charge in [-0.25, -0.2) is 17.8 Å². The van der Waals surface area contributed by atoms with Crippen LogP contribution in [-0.4, -0.2) is 71.4 Å². The Kier molecular flexibility index (Phi) is 10.2. The van der Waals surface area contributed by atoms with E-state index in [1.54, 1.807) is 17.9 Å². The van der Waals surface area contributed by atoms with Gasteiger partial charge in [-0.2, -0.15) is 0 Å². The number of Topliss-reactive ketones (excluding diaryl/α,β-unsaturated/α-hetero) is 1. The minimum absolute atomic E-state index is 0.0785. The van der Waals surface area contributed by atoms with Crippen LogP contribution in [0.1, 0.15) is 109 Å². The van der Waals surface area contributed by atoms with Gasteiger partial charge in [0.05, 0.1) is 47.0 Å². The van der Waals surface area contributed by atoms with Crippen LogP contribution in [0.3, 0.4) is 0 Å². The van der Waals surface area contributed by atoms with Crippen molar-refractivity contribution < 1.29 is 41.5 Å². The zero-order valence-electron chi connectivity index (χ0n) is 31.7. The van der Waals surface area contributed by atoms with Crippen molar-refractivity contribution in [3.05, 3.63) is 47.4 Å². The standard InChI is InChI=1S/C41H52FN3O8S/c1-25(2)23-52-35(47)18-27-10-8-6-5-7-9-11-28-20-41(28,38(49)44-54(50,51)39(4)16-17-39)22-34(46)33-21-40(24-45(33)37(27)48)15-14-30-31-19-29(42)12-13-32(31)43-26(3)36(30)53-40/h9,11-13,19,25,27-28,33H,5-8,10,14-18,20-24H2,1-4H3,(H,44,49)/b11-9-/t27-,28-,33+,40-,41-/m1/s1. The molecule has 1 aromatic carbocycles. The second kappa shape index (κ2) is 14.3. The molecular formula is C41H52FN3O8S. The molecule has 11 nitrogen and oxygen atoms in total. The summed E-state index contributed by atoms with van der Waals surface area (Å²) >= 11 is 0. The molecular weight excluding hydrogens is 714 g/mol. The number of esters is 1. The van der Waals surface area contributed by atoms with Crippen LogP contribution in [0.15, 0.2) is 30.4 Å². The topological polar surface area (TPSA) is 149 Å². The predicted octanol–water partition coefficient (Wildman–Crippen LogP) is 6.04. The molecule has 2 amide bonds. The zero-order chi connectivity index (χ0) is 38.6.